The van der Waals surface area contributed by atoms with E-state index in [0.717, 1.165) is 154 Å². The molecule has 7 fully saturated rings. The number of aromatic nitrogens is 18. The number of carbonyl (C=O) groups is 5. The summed E-state index contributed by atoms with van der Waals surface area (Å²) in [5, 5.41) is 20.7. The summed E-state index contributed by atoms with van der Waals surface area (Å²) >= 11 is 36.2. The highest BCUT2D eigenvalue weighted by Crippen LogP contribution is 2.62. The van der Waals surface area contributed by atoms with Gasteiger partial charge in [-0.15, -0.1) is 0 Å². The van der Waals surface area contributed by atoms with Crippen LogP contribution in [0.4, 0.5) is 35.7 Å². The molecular formula is C104H126Cl6N24O6. The monoisotopic (exact) mass is 2020 g/mol. The Balaban J connectivity index is 0.000000127. The van der Waals surface area contributed by atoms with E-state index in [1.807, 2.05) is 137 Å². The number of ether oxygens (including phenoxy) is 1. The number of imidazole rings is 6. The van der Waals surface area contributed by atoms with E-state index in [2.05, 4.69) is 170 Å². The third-order valence-corrected chi connectivity index (χ3v) is 27.9. The second kappa shape index (κ2) is 45.8. The van der Waals surface area contributed by atoms with E-state index in [-0.39, 0.29) is 47.5 Å². The highest BCUT2D eigenvalue weighted by Gasteiger charge is 2.54. The standard InChI is InChI=1S/C21H27ClN4O.C19H19ClN4O.C19H21ClN4O.C17H25ClN4.C14H17ClN4O2.C14H17ClN4O/c1-21(2)13-7-6-12(15(21)11-13)10-18(27)25-20-23-16-8-9-17(22)24-19(16)26(20)14-4-3-5-14;20-16-11-10-15-18(22-16)24(14-7-4-8-14)19(21-15)23-17(25)12-9-13-5-2-1-3-6-13;1-12(2)11-24-18-15(8-9-16(20)22-18)21-19(24)23-17(25)10-14-6-4-13(3)5-7-14;1-11(2)10-22-15-13(7-8-14(18)21-15)20-16(22)19-12(3)9-17(4,5)6;1-2-21-8-12(20)18-14-16-10-6-7-11(15)17-13(10)19(14)9-4-3-5-9;1-8(2)13(20)18-14-16-10-6-7-11(15)17-12(10)19(14)9-4-3-5-9/h8-9,12-15H,3-7,10-11H2,1-2H3,(H,23,25,27);1-3,5-6,10-11,14H,4,7-9,12H2,(H,21,23,25);4-9,12H,10-11H2,1-3H3,(H,21,23,25);7-8,11H,3,9-10H2,1-2,4-6H3,(H,19,20);6-7,9H,2-5,8H2,1H3,(H,16,18,20);6-9H,3-5H2,1-2H3,(H,16,18,20). The highest BCUT2D eigenvalue weighted by molar-refractivity contribution is 6.31. The molecule has 7 saturated carbocycles. The first-order valence-electron chi connectivity index (χ1n) is 48.8. The van der Waals surface area contributed by atoms with Gasteiger partial charge in [0.1, 0.15) is 70.6 Å². The van der Waals surface area contributed by atoms with Crippen molar-refractivity contribution in [1.29, 1.82) is 0 Å². The molecular weight excluding hydrogens is 1890 g/mol. The minimum absolute atomic E-state index is 0.0263. The number of hydrogen-bond donors (Lipinski definition) is 6. The van der Waals surface area contributed by atoms with Crippen molar-refractivity contribution in [2.24, 2.45) is 46.3 Å². The summed E-state index contributed by atoms with van der Waals surface area (Å²) < 4.78 is 17.2. The summed E-state index contributed by atoms with van der Waals surface area (Å²) in [6.07, 6.45) is 20.1. The predicted octanol–water partition coefficient (Wildman–Crippen LogP) is 25.1. The van der Waals surface area contributed by atoms with E-state index < -0.39 is 0 Å². The third kappa shape index (κ3) is 25.6. The van der Waals surface area contributed by atoms with Gasteiger partial charge in [0.05, 0.1) is 6.42 Å². The predicted molar refractivity (Wildman–Crippen MR) is 560 cm³/mol. The van der Waals surface area contributed by atoms with E-state index in [4.69, 9.17) is 74.3 Å². The van der Waals surface area contributed by atoms with Gasteiger partial charge in [-0.2, -0.15) is 0 Å². The number of benzene rings is 2. The number of hydrogen-bond acceptors (Lipinski definition) is 19. The number of pyridine rings is 6. The molecule has 140 heavy (non-hydrogen) atoms. The largest absolute Gasteiger partial charge is 0.372 e. The Morgan fingerprint density at radius 1 is 0.429 bits per heavy atom. The van der Waals surface area contributed by atoms with Crippen LogP contribution in [0.15, 0.2) is 140 Å². The van der Waals surface area contributed by atoms with Crippen LogP contribution < -0.4 is 31.9 Å². The molecule has 12 heterocycles. The molecule has 2 bridgehead atoms. The van der Waals surface area contributed by atoms with E-state index >= 15 is 0 Å². The molecule has 36 heteroatoms. The number of nitrogens with zero attached hydrogens (tertiary/aromatic N) is 18. The number of anilines is 6. The van der Waals surface area contributed by atoms with Crippen molar-refractivity contribution < 1.29 is 28.7 Å². The van der Waals surface area contributed by atoms with Gasteiger partial charge in [0, 0.05) is 68.3 Å². The molecule has 3 atom stereocenters. The van der Waals surface area contributed by atoms with Crippen LogP contribution in [0.1, 0.15) is 240 Å². The van der Waals surface area contributed by atoms with Gasteiger partial charge in [0.2, 0.25) is 59.3 Å². The molecule has 0 radical (unpaired) electrons. The van der Waals surface area contributed by atoms with Gasteiger partial charge in [-0.3, -0.25) is 78.0 Å². The van der Waals surface area contributed by atoms with Gasteiger partial charge in [0.25, 0.3) is 5.91 Å². The molecule has 0 spiro atoms. The van der Waals surface area contributed by atoms with Gasteiger partial charge in [-0.25, -0.2) is 59.8 Å². The van der Waals surface area contributed by atoms with Gasteiger partial charge in [-0.05, 0) is 247 Å². The maximum atomic E-state index is 12.9. The van der Waals surface area contributed by atoms with E-state index in [9.17, 15) is 24.0 Å². The van der Waals surface area contributed by atoms with Gasteiger partial charge < -0.3 is 10.1 Å². The number of allylic oxidation sites excluding steroid dienone is 1. The van der Waals surface area contributed by atoms with Crippen molar-refractivity contribution in [3.8, 4) is 0 Å². The molecule has 14 aromatic rings. The van der Waals surface area contributed by atoms with Gasteiger partial charge in [0.15, 0.2) is 33.9 Å². The lowest BCUT2D eigenvalue weighted by molar-refractivity contribution is -0.129. The number of aryl methyl sites for hydroxylation is 2. The number of carbonyl (C=O) groups excluding carboxylic acids is 5. The summed E-state index contributed by atoms with van der Waals surface area (Å²) in [5.41, 5.74) is 13.9. The second-order valence-corrected chi connectivity index (χ2v) is 42.6. The quantitative estimate of drug-likeness (QED) is 0.0260. The van der Waals surface area contributed by atoms with Crippen molar-refractivity contribution in [3.05, 3.63) is 187 Å². The van der Waals surface area contributed by atoms with Crippen molar-refractivity contribution in [1.82, 2.24) is 87.2 Å². The topological polar surface area (TPSA) is 351 Å². The summed E-state index contributed by atoms with van der Waals surface area (Å²) in [4.78, 5) is 115. The molecule has 740 valence electrons. The van der Waals surface area contributed by atoms with Crippen LogP contribution in [-0.2, 0) is 54.6 Å². The fraction of sp³-hybridized carbons (Fsp3) is 0.471. The van der Waals surface area contributed by atoms with Crippen molar-refractivity contribution >= 4 is 202 Å². The molecule has 12 aromatic heterocycles. The maximum Gasteiger partial charge on any atom is 0.252 e. The molecule has 7 aliphatic rings. The van der Waals surface area contributed by atoms with Crippen molar-refractivity contribution in [2.45, 2.75) is 256 Å². The SMILES string of the molecule is C=C(CC(C)(C)C)Nc1nc2ccc(Cl)nc2n1CC(C)C.CC(C)C(=O)Nc1nc2ccc(Cl)nc2n1C1CCC1.CC1(C)C2CCC(CC(=O)Nc3nc4ccc(Cl)nc4n3C3CCC3)C1C2.CCOCC(=O)Nc1nc2ccc(Cl)nc2n1C1CCC1.Cc1ccc(CC(=O)Nc2nc3ccc(Cl)nc3n2CC(C)C)cc1.O=C(CCc1ccccc1)Nc1nc2ccc(Cl)nc2n1C1CCC1. The normalized spacial score (nSPS) is 16.6. The zero-order chi connectivity index (χ0) is 99.5. The number of halogens is 6. The highest BCUT2D eigenvalue weighted by atomic mass is 35.5. The second-order valence-electron chi connectivity index (χ2n) is 40.3. The Bertz CT molecular complexity index is 6780. The summed E-state index contributed by atoms with van der Waals surface area (Å²) in [6.45, 7) is 33.7. The van der Waals surface area contributed by atoms with E-state index in [0.29, 0.717) is 158 Å². The Morgan fingerprint density at radius 2 is 0.793 bits per heavy atom. The first kappa shape index (κ1) is 103. The number of amides is 5. The summed E-state index contributed by atoms with van der Waals surface area (Å²) in [7, 11) is 0. The first-order chi connectivity index (χ1) is 67.0. The van der Waals surface area contributed by atoms with Crippen LogP contribution in [0.3, 0.4) is 0 Å². The van der Waals surface area contributed by atoms with Crippen LogP contribution in [0.2, 0.25) is 30.9 Å². The molecule has 21 rings (SSSR count). The van der Waals surface area contributed by atoms with Gasteiger partial charge in [-0.1, -0.05) is 213 Å². The Labute approximate surface area is 846 Å². The average molecular weight is 2020 g/mol. The van der Waals surface area contributed by atoms with E-state index in [1.165, 1.54) is 50.5 Å². The number of nitrogens with one attached hydrogen (secondary N) is 6. The number of fused-ring (bicyclic) bond motifs is 8. The minimum Gasteiger partial charge on any atom is -0.372 e. The minimum atomic E-state index is -0.209. The fourth-order valence-corrected chi connectivity index (χ4v) is 19.4. The molecule has 30 nitrogen and oxygen atoms in total. The molecule has 0 aliphatic heterocycles. The third-order valence-electron chi connectivity index (χ3n) is 26.6. The first-order valence-corrected chi connectivity index (χ1v) is 51.1. The van der Waals surface area contributed by atoms with Crippen molar-refractivity contribution in [2.75, 3.05) is 45.1 Å². The van der Waals surface area contributed by atoms with Crippen molar-refractivity contribution in [3.63, 3.8) is 0 Å². The number of rotatable bonds is 27. The fourth-order valence-electron chi connectivity index (χ4n) is 18.6. The van der Waals surface area contributed by atoms with Crippen LogP contribution in [0.25, 0.3) is 67.0 Å². The maximum absolute atomic E-state index is 12.9. The van der Waals surface area contributed by atoms with Crippen LogP contribution in [0.5, 0.6) is 0 Å². The average Bonchev–Trinajstić information content (AvgIpc) is 1.26. The van der Waals surface area contributed by atoms with Crippen LogP contribution >= 0.6 is 69.6 Å². The lowest BCUT2D eigenvalue weighted by Gasteiger charge is -2.60. The Morgan fingerprint density at radius 3 is 1.16 bits per heavy atom. The molecule has 0 saturated heterocycles. The van der Waals surface area contributed by atoms with Crippen LogP contribution in [-0.4, -0.2) is 130 Å². The molecule has 6 N–H and O–H groups in total. The lowest BCUT2D eigenvalue weighted by Crippen LogP contribution is -2.52. The molecule has 7 aliphatic carbocycles. The zero-order valence-electron chi connectivity index (χ0n) is 81.8. The van der Waals surface area contributed by atoms with Crippen LogP contribution in [0, 0.1) is 53.3 Å². The summed E-state index contributed by atoms with van der Waals surface area (Å²) in [5.74, 6) is 6.14. The van der Waals surface area contributed by atoms with E-state index in [1.54, 1.807) is 36.4 Å². The lowest BCUT2D eigenvalue weighted by atomic mass is 9.45. The summed E-state index contributed by atoms with van der Waals surface area (Å²) in [6, 6.07) is 40.8. The molecule has 3 unspecified atom stereocenters. The Kier molecular flexibility index (Phi) is 33.7. The smallest absolute Gasteiger partial charge is 0.252 e. The Hall–Kier alpha value is -11.3. The zero-order valence-corrected chi connectivity index (χ0v) is 86.4. The molecule has 5 amide bonds. The molecule has 2 aromatic carbocycles. The van der Waals surface area contributed by atoms with Gasteiger partial charge >= 0.3 is 0 Å².